The summed E-state index contributed by atoms with van der Waals surface area (Å²) in [5.41, 5.74) is 18.1. The van der Waals surface area contributed by atoms with Crippen molar-refractivity contribution in [3.8, 4) is 34.5 Å². The van der Waals surface area contributed by atoms with E-state index in [1.54, 1.807) is 20.8 Å². The zero-order valence-corrected chi connectivity index (χ0v) is 73.0. The number of aliphatic hydroxyl groups is 6. The highest BCUT2D eigenvalue weighted by atomic mass is 16.7. The summed E-state index contributed by atoms with van der Waals surface area (Å²) in [6.07, 6.45) is -14.2. The highest BCUT2D eigenvalue weighted by Gasteiger charge is 2.54. The van der Waals surface area contributed by atoms with Gasteiger partial charge in [-0.25, -0.2) is 4.79 Å². The first kappa shape index (κ1) is 103. The normalized spacial score (nSPS) is 24.8. The van der Waals surface area contributed by atoms with E-state index in [-0.39, 0.29) is 118 Å². The van der Waals surface area contributed by atoms with Crippen molar-refractivity contribution in [2.45, 2.75) is 220 Å². The third-order valence-corrected chi connectivity index (χ3v) is 23.7. The summed E-state index contributed by atoms with van der Waals surface area (Å²) in [5, 5.41) is 132. The fourth-order valence-electron chi connectivity index (χ4n) is 16.5. The minimum absolute atomic E-state index is 0.00881. The average molecular weight is 1790 g/mol. The number of likely N-dealkylation sites (N-methyl/N-ethyl adjacent to an activating group) is 5. The molecule has 0 spiro atoms. The Kier molecular flexibility index (Phi) is 35.5. The summed E-state index contributed by atoms with van der Waals surface area (Å²) in [4.78, 5) is 159. The van der Waals surface area contributed by atoms with Crippen LogP contribution in [-0.4, -0.2) is 312 Å². The van der Waals surface area contributed by atoms with E-state index in [0.29, 0.717) is 36.3 Å². The number of Topliss-reactive ketones (excluding diaryl/α,β-unsaturated/α-hetero) is 3. The third kappa shape index (κ3) is 22.5. The summed E-state index contributed by atoms with van der Waals surface area (Å²) in [6.45, 7) is 8.61. The van der Waals surface area contributed by atoms with Crippen molar-refractivity contribution in [2.24, 2.45) is 34.1 Å². The molecule has 0 aromatic heterocycles. The number of hydroxylamine groups is 2. The number of phenols is 4. The molecule has 7 aliphatic rings. The molecule has 4 aromatic rings. The molecular weight excluding hydrogens is 1670 g/mol. The van der Waals surface area contributed by atoms with E-state index >= 15 is 0 Å². The number of hydrogen-bond acceptors (Lipinski definition) is 39. The van der Waals surface area contributed by atoms with E-state index < -0.39 is 239 Å². The number of phenolic OH excluding ortho intramolecular Hbond substituents is 4. The predicted molar refractivity (Wildman–Crippen MR) is 450 cm³/mol. The molecular formula is C85H121N13O29. The van der Waals surface area contributed by atoms with Gasteiger partial charge >= 0.3 is 5.97 Å². The summed E-state index contributed by atoms with van der Waals surface area (Å²) >= 11 is 0. The highest BCUT2D eigenvalue weighted by molar-refractivity contribution is 6.32. The molecule has 0 saturated carbocycles. The number of nitrogens with two attached hydrogens (primary N) is 5. The first-order valence-electron chi connectivity index (χ1n) is 41.5. The van der Waals surface area contributed by atoms with Gasteiger partial charge in [0.05, 0.1) is 90.5 Å². The molecule has 3 aliphatic heterocycles. The molecule has 16 atom stereocenters. The Bertz CT molecular complexity index is 4720. The molecule has 42 heteroatoms. The number of nitrogens with one attached hydrogen (secondary N) is 7. The van der Waals surface area contributed by atoms with Gasteiger partial charge in [-0.2, -0.15) is 0 Å². The van der Waals surface area contributed by atoms with Gasteiger partial charge in [0.2, 0.25) is 23.4 Å². The lowest BCUT2D eigenvalue weighted by atomic mass is 9.72. The van der Waals surface area contributed by atoms with Crippen LogP contribution in [0.4, 0.5) is 0 Å². The molecule has 3 heterocycles. The molecule has 0 radical (unpaired) electrons. The summed E-state index contributed by atoms with van der Waals surface area (Å²) in [6, 6.07) is 6.96. The number of ketones is 7. The number of methoxy groups -OCH3 is 2. The Hall–Kier alpha value is -9.88. The number of fused-ring (bicyclic) bond motifs is 6. The van der Waals surface area contributed by atoms with Crippen molar-refractivity contribution in [3.63, 3.8) is 0 Å². The topological polar surface area (TPSA) is 689 Å². The summed E-state index contributed by atoms with van der Waals surface area (Å²) < 4.78 is 34.6. The van der Waals surface area contributed by atoms with Gasteiger partial charge in [-0.15, -0.1) is 5.06 Å². The van der Waals surface area contributed by atoms with E-state index in [2.05, 4.69) is 37.2 Å². The van der Waals surface area contributed by atoms with Crippen molar-refractivity contribution in [2.75, 3.05) is 88.9 Å². The highest BCUT2D eigenvalue weighted by Crippen LogP contribution is 2.55. The Morgan fingerprint density at radius 3 is 1.27 bits per heavy atom. The molecule has 4 aliphatic carbocycles. The van der Waals surface area contributed by atoms with Crippen molar-refractivity contribution in [1.82, 2.24) is 42.3 Å². The zero-order chi connectivity index (χ0) is 94.5. The van der Waals surface area contributed by atoms with Gasteiger partial charge in [0.25, 0.3) is 11.8 Å². The fourth-order valence-corrected chi connectivity index (χ4v) is 16.5. The Balaban J connectivity index is 0.000000248. The number of carbonyl (C=O) groups excluding carboxylic acids is 12. The van der Waals surface area contributed by atoms with Crippen molar-refractivity contribution in [3.05, 3.63) is 103 Å². The van der Waals surface area contributed by atoms with Gasteiger partial charge in [0.1, 0.15) is 76.9 Å². The fraction of sp³-hybridized carbons (Fsp3) is 0.576. The van der Waals surface area contributed by atoms with Gasteiger partial charge in [-0.05, 0) is 61.2 Å². The minimum atomic E-state index is -2.39. The zero-order valence-electron chi connectivity index (χ0n) is 73.0. The second-order valence-corrected chi connectivity index (χ2v) is 33.2. The molecule has 0 bridgehead atoms. The number of imide groups is 1. The predicted octanol–water partition coefficient (Wildman–Crippen LogP) is -3.82. The molecule has 6 unspecified atom stereocenters. The van der Waals surface area contributed by atoms with Crippen LogP contribution in [0.25, 0.3) is 0 Å². The number of rotatable bonds is 32. The number of aliphatic hydroxyl groups excluding tert-OH is 4. The number of ether oxygens (including phenoxy) is 6. The Morgan fingerprint density at radius 1 is 0.551 bits per heavy atom. The number of nitrogens with zero attached hydrogens (tertiary/aromatic N) is 1. The van der Waals surface area contributed by atoms with Crippen LogP contribution in [0.3, 0.4) is 0 Å². The van der Waals surface area contributed by atoms with Crippen LogP contribution in [0.1, 0.15) is 197 Å². The SMILES string of the molecule is CNCC(NC)C(NC)C(CNC)NC.COc1cccc2c1C(=O)c1c(O)c3c(c(O)c1C2=O)C[C@@](O)(C(=O)CO)C[C@@H]3OC1C[C@H](NC(=O)CCC(=O)C(C)(C)C)[C@H](O)[C@H](C)O1.COc1cccc2c1C(=O)c1c(O)c3c(c(O)c1C2=O)C[C@@](O)(C(=O)CO)C[C@@H]3OC1C[C@H](NC(=O)CCC(=O)ON2C(=O)CCC2=O)[C@H](O)[C@H](C)O1.NCC(N)C(N)C(N)CN. The minimum Gasteiger partial charge on any atom is -0.507 e. The van der Waals surface area contributed by atoms with Crippen molar-refractivity contribution < 1.29 is 142 Å². The number of amides is 4. The van der Waals surface area contributed by atoms with Crippen LogP contribution in [-0.2, 0) is 75.0 Å². The largest absolute Gasteiger partial charge is 0.507 e. The molecule has 4 aromatic carbocycles. The summed E-state index contributed by atoms with van der Waals surface area (Å²) in [5.74, 6) is -12.1. The second-order valence-electron chi connectivity index (χ2n) is 33.2. The standard InChI is InChI=1S/C35H36N2O16.C35H41NO13.C10H27N5.C5H17N5/c1-14-30(44)17(36-21(40)6-9-24(43)53-37-22(41)7-8-23(37)42)10-25(51-14)52-19-12-35(49,20(39)13-38)11-16-27(19)34(48)29-28(32(16)46)31(45)15-4-3-5-18(50-2)26(15)33(29)47;1-15-29(41)18(36-23(40)10-9-21(38)34(2,3)4)11-24(48-15)49-20-13-35(46,22(39)14-37)12-17-26(20)33(45)28-27(31(17)43)30(42)16-7-6-8-19(47-5)25(16)32(28)44;1-11-6-8(13-3)10(15-5)9(14-4)7-12-2;6-1-3(8)5(10)4(9)2-7/h3-5,14,17,19,25,30,38,44,46,48-49H,6-13H2,1-2H3,(H,36,40);6-8,15,18,20,24,29,37,41,43,45-46H,9-14H2,1-5H3,(H,36,40);8-15H,6-7H2,1-5H3;3-5H,1-2,6-10H2/t14-,17-,19-,25?,30+,35-;15-,18-,20-,24?,29+,35-;;/m00../s1. The number of aromatic hydroxyl groups is 4. The molecule has 4 amide bonds. The van der Waals surface area contributed by atoms with Crippen LogP contribution in [0.5, 0.6) is 34.5 Å². The maximum absolute atomic E-state index is 13.9. The average Bonchev–Trinajstić information content (AvgIpc) is 0.835. The maximum atomic E-state index is 13.9. The lowest BCUT2D eigenvalue weighted by Gasteiger charge is -2.43. The van der Waals surface area contributed by atoms with Gasteiger partial charge < -0.3 is 150 Å². The van der Waals surface area contributed by atoms with E-state index in [1.807, 2.05) is 35.2 Å². The van der Waals surface area contributed by atoms with Crippen molar-refractivity contribution >= 4 is 70.1 Å². The molecule has 11 rings (SSSR count). The van der Waals surface area contributed by atoms with Crippen LogP contribution in [0.2, 0.25) is 0 Å². The number of benzene rings is 4. The van der Waals surface area contributed by atoms with Crippen LogP contribution in [0.15, 0.2) is 36.4 Å². The maximum Gasteiger partial charge on any atom is 0.333 e. The Labute approximate surface area is 732 Å². The second kappa shape index (κ2) is 44.0. The van der Waals surface area contributed by atoms with Gasteiger partial charge in [-0.1, -0.05) is 45.0 Å². The molecule has 700 valence electrons. The van der Waals surface area contributed by atoms with E-state index in [1.165, 1.54) is 64.5 Å². The number of hydrogen-bond donors (Lipinski definition) is 22. The first-order valence-corrected chi connectivity index (χ1v) is 41.5. The smallest absolute Gasteiger partial charge is 0.333 e. The van der Waals surface area contributed by atoms with Crippen molar-refractivity contribution in [1.29, 1.82) is 0 Å². The molecule has 27 N–H and O–H groups in total. The quantitative estimate of drug-likeness (QED) is 0.0142. The third-order valence-electron chi connectivity index (χ3n) is 23.7. The van der Waals surface area contributed by atoms with E-state index in [9.17, 15) is 109 Å². The van der Waals surface area contributed by atoms with E-state index in [0.717, 1.165) is 13.1 Å². The monoisotopic (exact) mass is 1790 g/mol. The molecule has 3 saturated heterocycles. The van der Waals surface area contributed by atoms with Gasteiger partial charge in [0.15, 0.2) is 35.7 Å². The van der Waals surface area contributed by atoms with Crippen LogP contribution < -0.4 is 75.4 Å². The lowest BCUT2D eigenvalue weighted by molar-refractivity contribution is -0.249. The first-order chi connectivity index (χ1) is 59.9. The van der Waals surface area contributed by atoms with Crippen LogP contribution in [0, 0.1) is 5.41 Å². The van der Waals surface area contributed by atoms with Crippen LogP contribution >= 0.6 is 0 Å². The van der Waals surface area contributed by atoms with Gasteiger partial charge in [-0.3, -0.25) is 52.7 Å². The van der Waals surface area contributed by atoms with Gasteiger partial charge in [0, 0.05) is 172 Å². The molecule has 127 heavy (non-hydrogen) atoms. The van der Waals surface area contributed by atoms with E-state index in [4.69, 9.17) is 61.9 Å². The molecule has 3 fully saturated rings. The Morgan fingerprint density at radius 2 is 0.929 bits per heavy atom. The lowest BCUT2D eigenvalue weighted by Crippen LogP contribution is -2.61. The summed E-state index contributed by atoms with van der Waals surface area (Å²) in [7, 11) is 12.5. The number of carbonyl (C=O) groups is 12. The molecule has 42 nitrogen and oxygen atoms in total.